The third kappa shape index (κ3) is 5.59. The van der Waals surface area contributed by atoms with E-state index in [0.29, 0.717) is 0 Å². The molecule has 0 saturated heterocycles. The minimum atomic E-state index is -0.629. The summed E-state index contributed by atoms with van der Waals surface area (Å²) >= 11 is 0. The van der Waals surface area contributed by atoms with E-state index in [0.717, 1.165) is 24.5 Å². The van der Waals surface area contributed by atoms with Gasteiger partial charge in [-0.2, -0.15) is 5.26 Å². The molecule has 2 aromatic rings. The zero-order chi connectivity index (χ0) is 21.2. The molecule has 7 heteroatoms. The Labute approximate surface area is 170 Å². The molecule has 0 heterocycles. The van der Waals surface area contributed by atoms with Gasteiger partial charge in [0.2, 0.25) is 0 Å². The van der Waals surface area contributed by atoms with Gasteiger partial charge < -0.3 is 20.3 Å². The molecule has 0 atom stereocenters. The minimum Gasteiger partial charge on any atom is -0.465 e. The topological polar surface area (TPSA) is 94.5 Å². The first-order chi connectivity index (χ1) is 14.0. The summed E-state index contributed by atoms with van der Waals surface area (Å²) in [5.41, 5.74) is 2.20. The summed E-state index contributed by atoms with van der Waals surface area (Å²) in [6.07, 6.45) is 1.34. The molecule has 0 radical (unpaired) electrons. The van der Waals surface area contributed by atoms with Crippen LogP contribution in [0.4, 0.5) is 17.1 Å². The van der Waals surface area contributed by atoms with Crippen molar-refractivity contribution in [3.63, 3.8) is 0 Å². The van der Waals surface area contributed by atoms with E-state index in [9.17, 15) is 14.9 Å². The lowest BCUT2D eigenvalue weighted by Gasteiger charge is -2.21. The zero-order valence-corrected chi connectivity index (χ0v) is 16.7. The van der Waals surface area contributed by atoms with Gasteiger partial charge in [0, 0.05) is 30.7 Å². The van der Waals surface area contributed by atoms with Crippen molar-refractivity contribution in [1.82, 2.24) is 0 Å². The molecule has 150 valence electrons. The quantitative estimate of drug-likeness (QED) is 0.403. The van der Waals surface area contributed by atoms with Crippen molar-refractivity contribution >= 4 is 28.9 Å². The Morgan fingerprint density at radius 1 is 1.10 bits per heavy atom. The number of nitrogens with zero attached hydrogens (tertiary/aromatic N) is 2. The standard InChI is InChI=1S/C22H24N4O3/c1-4-26(5-2)18-12-10-17(11-13-18)24-15-16(14-23)21(27)25-20-9-7-6-8-19(20)22(28)29-3/h6-13,15,24H,4-5H2,1-3H3,(H,25,27)/b16-15-. The number of carbonyl (C=O) groups excluding carboxylic acids is 2. The first-order valence-electron chi connectivity index (χ1n) is 9.24. The lowest BCUT2D eigenvalue weighted by atomic mass is 10.1. The molecule has 2 aromatic carbocycles. The normalized spacial score (nSPS) is 10.6. The van der Waals surface area contributed by atoms with Crippen LogP contribution in [-0.2, 0) is 9.53 Å². The second-order valence-corrected chi connectivity index (χ2v) is 6.02. The van der Waals surface area contributed by atoms with Gasteiger partial charge in [0.05, 0.1) is 18.4 Å². The number of esters is 1. The summed E-state index contributed by atoms with van der Waals surface area (Å²) in [5, 5.41) is 14.9. The number of ether oxygens (including phenoxy) is 1. The third-order valence-corrected chi connectivity index (χ3v) is 4.32. The summed E-state index contributed by atoms with van der Waals surface area (Å²) in [6, 6.07) is 16.0. The number of hydrogen-bond donors (Lipinski definition) is 2. The Balaban J connectivity index is 2.11. The number of para-hydroxylation sites is 1. The van der Waals surface area contributed by atoms with Crippen molar-refractivity contribution < 1.29 is 14.3 Å². The summed E-state index contributed by atoms with van der Waals surface area (Å²) in [5.74, 6) is -1.20. The predicted molar refractivity (Wildman–Crippen MR) is 114 cm³/mol. The number of benzene rings is 2. The van der Waals surface area contributed by atoms with E-state index in [1.54, 1.807) is 18.2 Å². The second-order valence-electron chi connectivity index (χ2n) is 6.02. The Hall–Kier alpha value is -3.79. The predicted octanol–water partition coefficient (Wildman–Crippen LogP) is 3.78. The maximum absolute atomic E-state index is 12.4. The molecule has 0 aliphatic rings. The Bertz CT molecular complexity index is 926. The third-order valence-electron chi connectivity index (χ3n) is 4.32. The van der Waals surface area contributed by atoms with Crippen molar-refractivity contribution in [2.45, 2.75) is 13.8 Å². The molecule has 0 aromatic heterocycles. The number of anilines is 3. The van der Waals surface area contributed by atoms with E-state index in [4.69, 9.17) is 4.74 Å². The van der Waals surface area contributed by atoms with Crippen molar-refractivity contribution in [2.75, 3.05) is 35.7 Å². The monoisotopic (exact) mass is 392 g/mol. The van der Waals surface area contributed by atoms with Crippen LogP contribution in [0.25, 0.3) is 0 Å². The highest BCUT2D eigenvalue weighted by Crippen LogP contribution is 2.19. The number of hydrogen-bond acceptors (Lipinski definition) is 6. The maximum Gasteiger partial charge on any atom is 0.339 e. The van der Waals surface area contributed by atoms with E-state index < -0.39 is 11.9 Å². The molecule has 0 aliphatic carbocycles. The van der Waals surface area contributed by atoms with Gasteiger partial charge in [-0.15, -0.1) is 0 Å². The molecule has 29 heavy (non-hydrogen) atoms. The van der Waals surface area contributed by atoms with Crippen molar-refractivity contribution in [2.24, 2.45) is 0 Å². The fraction of sp³-hybridized carbons (Fsp3) is 0.227. The molecular weight excluding hydrogens is 368 g/mol. The summed E-state index contributed by atoms with van der Waals surface area (Å²) in [4.78, 5) is 26.5. The van der Waals surface area contributed by atoms with Gasteiger partial charge in [-0.25, -0.2) is 4.79 Å². The average molecular weight is 392 g/mol. The van der Waals surface area contributed by atoms with Crippen molar-refractivity contribution in [3.05, 3.63) is 65.9 Å². The summed E-state index contributed by atoms with van der Waals surface area (Å²) in [6.45, 7) is 6.01. The molecule has 7 nitrogen and oxygen atoms in total. The number of nitrogens with one attached hydrogen (secondary N) is 2. The van der Waals surface area contributed by atoms with Crippen molar-refractivity contribution in [1.29, 1.82) is 5.26 Å². The lowest BCUT2D eigenvalue weighted by Crippen LogP contribution is -2.21. The van der Waals surface area contributed by atoms with Crippen LogP contribution in [-0.4, -0.2) is 32.1 Å². The van der Waals surface area contributed by atoms with E-state index in [2.05, 4.69) is 29.4 Å². The van der Waals surface area contributed by atoms with Crippen LogP contribution in [0.2, 0.25) is 0 Å². The number of rotatable bonds is 8. The van der Waals surface area contributed by atoms with Crippen LogP contribution >= 0.6 is 0 Å². The number of carbonyl (C=O) groups is 2. The molecule has 0 fully saturated rings. The summed E-state index contributed by atoms with van der Waals surface area (Å²) < 4.78 is 4.71. The van der Waals surface area contributed by atoms with Gasteiger partial charge in [0.1, 0.15) is 11.6 Å². The summed E-state index contributed by atoms with van der Waals surface area (Å²) in [7, 11) is 1.26. The van der Waals surface area contributed by atoms with E-state index in [1.807, 2.05) is 30.3 Å². The highest BCUT2D eigenvalue weighted by molar-refractivity contribution is 6.09. The average Bonchev–Trinajstić information content (AvgIpc) is 2.76. The van der Waals surface area contributed by atoms with Gasteiger partial charge in [0.25, 0.3) is 5.91 Å². The van der Waals surface area contributed by atoms with Crippen LogP contribution in [0.5, 0.6) is 0 Å². The fourth-order valence-corrected chi connectivity index (χ4v) is 2.73. The van der Waals surface area contributed by atoms with Crippen LogP contribution in [0.1, 0.15) is 24.2 Å². The molecule has 0 aliphatic heterocycles. The smallest absolute Gasteiger partial charge is 0.339 e. The van der Waals surface area contributed by atoms with Gasteiger partial charge in [-0.1, -0.05) is 12.1 Å². The van der Waals surface area contributed by atoms with Gasteiger partial charge in [-0.3, -0.25) is 4.79 Å². The van der Waals surface area contributed by atoms with Crippen LogP contribution in [0, 0.1) is 11.3 Å². The zero-order valence-electron chi connectivity index (χ0n) is 16.7. The first kappa shape index (κ1) is 21.5. The largest absolute Gasteiger partial charge is 0.465 e. The maximum atomic E-state index is 12.4. The van der Waals surface area contributed by atoms with Crippen LogP contribution in [0.15, 0.2) is 60.3 Å². The molecule has 2 rings (SSSR count). The lowest BCUT2D eigenvalue weighted by molar-refractivity contribution is -0.112. The molecule has 2 N–H and O–H groups in total. The van der Waals surface area contributed by atoms with Gasteiger partial charge >= 0.3 is 5.97 Å². The van der Waals surface area contributed by atoms with E-state index in [-0.39, 0.29) is 16.8 Å². The highest BCUT2D eigenvalue weighted by atomic mass is 16.5. The fourth-order valence-electron chi connectivity index (χ4n) is 2.73. The van der Waals surface area contributed by atoms with Crippen LogP contribution in [0.3, 0.4) is 0 Å². The van der Waals surface area contributed by atoms with Crippen LogP contribution < -0.4 is 15.5 Å². The number of methoxy groups -OCH3 is 1. The molecule has 0 bridgehead atoms. The van der Waals surface area contributed by atoms with Gasteiger partial charge in [-0.05, 0) is 50.2 Å². The Morgan fingerprint density at radius 3 is 2.34 bits per heavy atom. The number of amides is 1. The van der Waals surface area contributed by atoms with Crippen molar-refractivity contribution in [3.8, 4) is 6.07 Å². The Kier molecular flexibility index (Phi) is 7.80. The SMILES string of the molecule is CCN(CC)c1ccc(N/C=C(/C#N)C(=O)Nc2ccccc2C(=O)OC)cc1. The number of nitriles is 1. The minimum absolute atomic E-state index is 0.127. The first-order valence-corrected chi connectivity index (χ1v) is 9.24. The molecule has 0 spiro atoms. The molecule has 1 amide bonds. The second kappa shape index (κ2) is 10.5. The molecule has 0 saturated carbocycles. The van der Waals surface area contributed by atoms with E-state index in [1.165, 1.54) is 19.4 Å². The molecular formula is C22H24N4O3. The van der Waals surface area contributed by atoms with Gasteiger partial charge in [0.15, 0.2) is 0 Å². The Morgan fingerprint density at radius 2 is 1.76 bits per heavy atom. The van der Waals surface area contributed by atoms with E-state index >= 15 is 0 Å². The highest BCUT2D eigenvalue weighted by Gasteiger charge is 2.15. The molecule has 0 unspecified atom stereocenters.